The molecule has 0 spiro atoms. The van der Waals surface area contributed by atoms with Gasteiger partial charge in [0.15, 0.2) is 0 Å². The van der Waals surface area contributed by atoms with Crippen molar-refractivity contribution in [3.63, 3.8) is 0 Å². The Hall–Kier alpha value is -1.98. The van der Waals surface area contributed by atoms with E-state index in [-0.39, 0.29) is 0 Å². The molecule has 1 heterocycles. The first-order valence-corrected chi connectivity index (χ1v) is 4.59. The van der Waals surface area contributed by atoms with Crippen molar-refractivity contribution in [1.29, 1.82) is 0 Å². The second-order valence-electron chi connectivity index (χ2n) is 3.29. The molecule has 3 rings (SSSR count). The topological polar surface area (TPSA) is 12.9 Å². The first kappa shape index (κ1) is 7.43. The van der Waals surface area contributed by atoms with E-state index in [1.54, 1.807) is 0 Å². The Labute approximate surface area is 82.4 Å². The van der Waals surface area contributed by atoms with Crippen molar-refractivity contribution in [3.8, 4) is 0 Å². The maximum Gasteiger partial charge on any atom is 0.112 e. The number of rotatable bonds is 0. The number of nitrogens with zero attached hydrogens (tertiary/aromatic N) is 1. The molecule has 1 aromatic heterocycles. The fraction of sp³-hybridized carbons (Fsp3) is 0. The van der Waals surface area contributed by atoms with Gasteiger partial charge in [0.2, 0.25) is 0 Å². The second kappa shape index (κ2) is 2.76. The number of para-hydroxylation sites is 1. The van der Waals surface area contributed by atoms with Crippen LogP contribution < -0.4 is 0 Å². The lowest BCUT2D eigenvalue weighted by Gasteiger charge is -2.00. The summed E-state index contributed by atoms with van der Waals surface area (Å²) in [6.45, 7) is 0. The van der Waals surface area contributed by atoms with Crippen LogP contribution in [0.2, 0.25) is 0 Å². The second-order valence-corrected chi connectivity index (χ2v) is 3.29. The Kier molecular flexibility index (Phi) is 1.46. The third-order valence-electron chi connectivity index (χ3n) is 2.43. The predicted octanol–water partition coefficient (Wildman–Crippen LogP) is 3.08. The maximum atomic E-state index is 4.40. The Morgan fingerprint density at radius 2 is 2.07 bits per heavy atom. The fourth-order valence-electron chi connectivity index (χ4n) is 1.74. The van der Waals surface area contributed by atoms with Gasteiger partial charge in [-0.2, -0.15) is 0 Å². The molecule has 0 saturated heterocycles. The quantitative estimate of drug-likeness (QED) is 0.565. The Morgan fingerprint density at radius 1 is 1.14 bits per heavy atom. The van der Waals surface area contributed by atoms with Crippen LogP contribution in [0.5, 0.6) is 0 Å². The van der Waals surface area contributed by atoms with Crippen LogP contribution in [0.1, 0.15) is 11.1 Å². The van der Waals surface area contributed by atoms with Crippen molar-refractivity contribution < 1.29 is 0 Å². The standard InChI is InChI=1S/C13H8N/c1-2-6-11-10(5-1)9-14-13-8-4-3-7-12(11)13/h1,3-9H/q+1. The lowest BCUT2D eigenvalue weighted by Crippen LogP contribution is -1.89. The molecule has 1 aliphatic rings. The van der Waals surface area contributed by atoms with Gasteiger partial charge in [-0.3, -0.25) is 4.98 Å². The van der Waals surface area contributed by atoms with E-state index in [2.05, 4.69) is 17.1 Å². The minimum absolute atomic E-state index is 1.04. The summed E-state index contributed by atoms with van der Waals surface area (Å²) >= 11 is 0. The molecule has 0 amide bonds. The molecular formula is C13H8N+. The van der Waals surface area contributed by atoms with E-state index in [9.17, 15) is 0 Å². The van der Waals surface area contributed by atoms with Gasteiger partial charge in [-0.05, 0) is 12.1 Å². The van der Waals surface area contributed by atoms with Crippen LogP contribution >= 0.6 is 0 Å². The van der Waals surface area contributed by atoms with Gasteiger partial charge in [-0.1, -0.05) is 12.1 Å². The van der Waals surface area contributed by atoms with Gasteiger partial charge < -0.3 is 0 Å². The average Bonchev–Trinajstić information content (AvgIpc) is 2.29. The normalized spacial score (nSPS) is 12.6. The molecule has 0 atom stereocenters. The van der Waals surface area contributed by atoms with Crippen LogP contribution in [-0.2, 0) is 0 Å². The molecule has 0 saturated carbocycles. The summed E-state index contributed by atoms with van der Waals surface area (Å²) < 4.78 is 0. The summed E-state index contributed by atoms with van der Waals surface area (Å²) in [5, 5.41) is 1.20. The summed E-state index contributed by atoms with van der Waals surface area (Å²) in [5.41, 5.74) is 3.43. The largest absolute Gasteiger partial charge is 0.252 e. The minimum Gasteiger partial charge on any atom is -0.252 e. The molecule has 0 fully saturated rings. The van der Waals surface area contributed by atoms with E-state index >= 15 is 0 Å². The lowest BCUT2D eigenvalue weighted by atomic mass is 10.0. The molecule has 64 valence electrons. The van der Waals surface area contributed by atoms with Crippen LogP contribution in [0.25, 0.3) is 23.1 Å². The zero-order valence-corrected chi connectivity index (χ0v) is 7.57. The first-order chi connectivity index (χ1) is 6.95. The molecule has 0 radical (unpaired) electrons. The highest BCUT2D eigenvalue weighted by Gasteiger charge is 2.13. The summed E-state index contributed by atoms with van der Waals surface area (Å²) in [7, 11) is 0. The molecule has 0 bridgehead atoms. The third-order valence-corrected chi connectivity index (χ3v) is 2.43. The number of benzene rings is 1. The first-order valence-electron chi connectivity index (χ1n) is 4.59. The smallest absolute Gasteiger partial charge is 0.112 e. The van der Waals surface area contributed by atoms with E-state index in [0.29, 0.717) is 0 Å². The van der Waals surface area contributed by atoms with Gasteiger partial charge in [-0.15, -0.1) is 0 Å². The Bertz CT molecular complexity index is 550. The number of fused-ring (bicyclic) bond motifs is 3. The van der Waals surface area contributed by atoms with Crippen molar-refractivity contribution in [1.82, 2.24) is 4.98 Å². The van der Waals surface area contributed by atoms with E-state index in [4.69, 9.17) is 0 Å². The van der Waals surface area contributed by atoms with Gasteiger partial charge in [0.1, 0.15) is 23.3 Å². The fourth-order valence-corrected chi connectivity index (χ4v) is 1.74. The van der Waals surface area contributed by atoms with Crippen LogP contribution in [0.4, 0.5) is 0 Å². The zero-order valence-electron chi connectivity index (χ0n) is 7.57. The highest BCUT2D eigenvalue weighted by atomic mass is 14.7. The molecule has 14 heavy (non-hydrogen) atoms. The summed E-state index contributed by atoms with van der Waals surface area (Å²) in [5.74, 6) is 0. The van der Waals surface area contributed by atoms with Crippen molar-refractivity contribution in [3.05, 3.63) is 53.7 Å². The van der Waals surface area contributed by atoms with Crippen LogP contribution in [0.3, 0.4) is 0 Å². The average molecular weight is 178 g/mol. The summed E-state index contributed by atoms with van der Waals surface area (Å²) in [6.07, 6.45) is 11.0. The number of pyridine rings is 1. The number of aromatic nitrogens is 1. The zero-order chi connectivity index (χ0) is 9.38. The van der Waals surface area contributed by atoms with Gasteiger partial charge in [0.25, 0.3) is 0 Å². The van der Waals surface area contributed by atoms with Gasteiger partial charge in [0, 0.05) is 6.08 Å². The van der Waals surface area contributed by atoms with Crippen molar-refractivity contribution in [2.24, 2.45) is 0 Å². The van der Waals surface area contributed by atoms with E-state index in [1.165, 1.54) is 16.5 Å². The molecular weight excluding hydrogens is 170 g/mol. The number of hydrogen-bond donors (Lipinski definition) is 0. The van der Waals surface area contributed by atoms with Crippen molar-refractivity contribution in [2.45, 2.75) is 0 Å². The highest BCUT2D eigenvalue weighted by Crippen LogP contribution is 2.24. The van der Waals surface area contributed by atoms with Crippen LogP contribution in [0, 0.1) is 6.08 Å². The molecule has 1 heteroatoms. The minimum atomic E-state index is 1.04. The maximum absolute atomic E-state index is 4.40. The molecule has 0 aliphatic heterocycles. The van der Waals surface area contributed by atoms with Crippen molar-refractivity contribution in [2.75, 3.05) is 0 Å². The molecule has 1 aliphatic carbocycles. The van der Waals surface area contributed by atoms with Gasteiger partial charge in [0.05, 0.1) is 23.2 Å². The number of hydrogen-bond acceptors (Lipinski definition) is 1. The van der Waals surface area contributed by atoms with Crippen molar-refractivity contribution >= 4 is 23.1 Å². The molecule has 2 aromatic rings. The van der Waals surface area contributed by atoms with Crippen LogP contribution in [-0.4, -0.2) is 4.98 Å². The van der Waals surface area contributed by atoms with Crippen LogP contribution in [0.15, 0.2) is 36.5 Å². The van der Waals surface area contributed by atoms with E-state index in [0.717, 1.165) is 5.52 Å². The van der Waals surface area contributed by atoms with E-state index < -0.39 is 0 Å². The third kappa shape index (κ3) is 0.968. The predicted molar refractivity (Wildman–Crippen MR) is 58.5 cm³/mol. The summed E-state index contributed by atoms with van der Waals surface area (Å²) in [4.78, 5) is 4.40. The molecule has 0 N–H and O–H groups in total. The molecule has 0 unspecified atom stereocenters. The van der Waals surface area contributed by atoms with E-state index in [1.807, 2.05) is 42.6 Å². The Morgan fingerprint density at radius 3 is 3.07 bits per heavy atom. The molecule has 1 aromatic carbocycles. The number of allylic oxidation sites excluding steroid dienone is 2. The lowest BCUT2D eigenvalue weighted by molar-refractivity contribution is 1.38. The van der Waals surface area contributed by atoms with Gasteiger partial charge in [-0.25, -0.2) is 0 Å². The Balaban J connectivity index is 2.47. The highest BCUT2D eigenvalue weighted by molar-refractivity contribution is 5.92. The van der Waals surface area contributed by atoms with Gasteiger partial charge >= 0.3 is 0 Å². The monoisotopic (exact) mass is 178 g/mol. The SMILES string of the molecule is [C+]1=Cc2c(cnc3ccccc23)C=C1. The summed E-state index contributed by atoms with van der Waals surface area (Å²) in [6, 6.07) is 8.17. The molecule has 1 nitrogen and oxygen atoms in total.